The average molecular weight is 481 g/mol. The summed E-state index contributed by atoms with van der Waals surface area (Å²) in [6, 6.07) is 15.0. The highest BCUT2D eigenvalue weighted by Gasteiger charge is 2.36. The highest BCUT2D eigenvalue weighted by atomic mass is 16.5. The number of carbonyl (C=O) groups excluding carboxylic acids is 2. The van der Waals surface area contributed by atoms with E-state index in [0.717, 1.165) is 54.4 Å². The molecule has 0 bridgehead atoms. The maximum atomic E-state index is 12.9. The number of hydrogen-bond acceptors (Lipinski definition) is 5. The largest absolute Gasteiger partial charge is 0.480 e. The van der Waals surface area contributed by atoms with Gasteiger partial charge in [0.2, 0.25) is 5.91 Å². The molecular weight excluding hydrogens is 448 g/mol. The number of carboxylic acids is 1. The lowest BCUT2D eigenvalue weighted by molar-refractivity contribution is -0.143. The number of aliphatic carboxylic acids is 1. The van der Waals surface area contributed by atoms with Gasteiger partial charge in [0, 0.05) is 17.9 Å². The number of amides is 2. The van der Waals surface area contributed by atoms with E-state index in [4.69, 9.17) is 14.9 Å². The molecule has 4 rings (SSSR count). The molecule has 0 aliphatic heterocycles. The average Bonchev–Trinajstić information content (AvgIpc) is 3.19. The third-order valence-electron chi connectivity index (χ3n) is 7.17. The molecule has 1 atom stereocenters. The monoisotopic (exact) mass is 480 g/mol. The van der Waals surface area contributed by atoms with Crippen molar-refractivity contribution >= 4 is 18.0 Å². The number of fused-ring (bicyclic) bond motifs is 3. The van der Waals surface area contributed by atoms with Gasteiger partial charge < -0.3 is 25.6 Å². The molecular formula is C27H32N2O6. The van der Waals surface area contributed by atoms with Gasteiger partial charge in [-0.3, -0.25) is 4.79 Å². The normalized spacial score (nSPS) is 17.1. The number of ether oxygens (including phenoxy) is 1. The second-order valence-electron chi connectivity index (χ2n) is 9.43. The third kappa shape index (κ3) is 5.65. The van der Waals surface area contributed by atoms with E-state index < -0.39 is 36.2 Å². The molecule has 2 aliphatic rings. The van der Waals surface area contributed by atoms with Crippen LogP contribution in [0.4, 0.5) is 4.79 Å². The predicted molar refractivity (Wildman–Crippen MR) is 130 cm³/mol. The van der Waals surface area contributed by atoms with Crippen LogP contribution in [0.1, 0.15) is 62.0 Å². The van der Waals surface area contributed by atoms with Crippen molar-refractivity contribution in [3.63, 3.8) is 0 Å². The van der Waals surface area contributed by atoms with E-state index in [-0.39, 0.29) is 18.9 Å². The molecule has 1 fully saturated rings. The number of aliphatic hydroxyl groups is 1. The van der Waals surface area contributed by atoms with Crippen molar-refractivity contribution in [1.82, 2.24) is 10.6 Å². The lowest BCUT2D eigenvalue weighted by Crippen LogP contribution is -2.51. The number of rotatable bonds is 9. The number of hydrogen-bond donors (Lipinski definition) is 4. The lowest BCUT2D eigenvalue weighted by atomic mass is 9.78. The van der Waals surface area contributed by atoms with Crippen molar-refractivity contribution in [2.45, 2.75) is 62.4 Å². The molecule has 2 aromatic rings. The third-order valence-corrected chi connectivity index (χ3v) is 7.17. The Hall–Kier alpha value is -3.39. The Labute approximate surface area is 204 Å². The Morgan fingerprint density at radius 2 is 1.57 bits per heavy atom. The summed E-state index contributed by atoms with van der Waals surface area (Å²) in [6.45, 7) is -0.461. The van der Waals surface area contributed by atoms with Crippen LogP contribution in [0.25, 0.3) is 11.1 Å². The van der Waals surface area contributed by atoms with E-state index in [1.165, 1.54) is 0 Å². The zero-order valence-electron chi connectivity index (χ0n) is 19.7. The van der Waals surface area contributed by atoms with Crippen molar-refractivity contribution in [3.05, 3.63) is 59.7 Å². The van der Waals surface area contributed by atoms with Gasteiger partial charge in [-0.25, -0.2) is 9.59 Å². The van der Waals surface area contributed by atoms with Crippen LogP contribution in [-0.2, 0) is 14.3 Å². The molecule has 1 saturated carbocycles. The summed E-state index contributed by atoms with van der Waals surface area (Å²) in [5.41, 5.74) is 4.03. The van der Waals surface area contributed by atoms with Gasteiger partial charge in [0.15, 0.2) is 0 Å². The highest BCUT2D eigenvalue weighted by molar-refractivity contribution is 5.83. The number of alkyl carbamates (subject to hydrolysis) is 1. The zero-order chi connectivity index (χ0) is 24.8. The van der Waals surface area contributed by atoms with E-state index in [0.29, 0.717) is 6.42 Å². The predicted octanol–water partition coefficient (Wildman–Crippen LogP) is 3.57. The van der Waals surface area contributed by atoms with Crippen molar-refractivity contribution in [2.75, 3.05) is 13.2 Å². The Bertz CT molecular complexity index is 1030. The van der Waals surface area contributed by atoms with Crippen LogP contribution >= 0.6 is 0 Å². The fraction of sp³-hybridized carbons (Fsp3) is 0.444. The number of carboxylic acid groups (broad SMARTS) is 1. The molecule has 0 radical (unpaired) electrons. The van der Waals surface area contributed by atoms with Crippen molar-refractivity contribution in [2.24, 2.45) is 0 Å². The van der Waals surface area contributed by atoms with Gasteiger partial charge in [-0.15, -0.1) is 0 Å². The molecule has 8 nitrogen and oxygen atoms in total. The zero-order valence-corrected chi connectivity index (χ0v) is 19.7. The van der Waals surface area contributed by atoms with Gasteiger partial charge in [0.1, 0.15) is 12.6 Å². The van der Waals surface area contributed by atoms with E-state index in [9.17, 15) is 14.4 Å². The van der Waals surface area contributed by atoms with Crippen LogP contribution < -0.4 is 10.6 Å². The Morgan fingerprint density at radius 3 is 2.14 bits per heavy atom. The number of carbonyl (C=O) groups is 3. The molecule has 1 unspecified atom stereocenters. The quantitative estimate of drug-likeness (QED) is 0.435. The van der Waals surface area contributed by atoms with Gasteiger partial charge in [0.25, 0.3) is 0 Å². The summed E-state index contributed by atoms with van der Waals surface area (Å²) in [4.78, 5) is 36.3. The first-order valence-electron chi connectivity index (χ1n) is 12.2. The summed E-state index contributed by atoms with van der Waals surface area (Å²) in [7, 11) is 0. The number of aliphatic hydroxyl groups excluding tert-OH is 1. The van der Waals surface area contributed by atoms with Gasteiger partial charge >= 0.3 is 12.1 Å². The molecule has 35 heavy (non-hydrogen) atoms. The SMILES string of the molecule is O=C(CCC1(NC(=O)OCC2c3ccccc3-c3ccccc32)CCCCC1)NC(CO)C(=O)O. The smallest absolute Gasteiger partial charge is 0.407 e. The van der Waals surface area contributed by atoms with Crippen LogP contribution in [0.5, 0.6) is 0 Å². The topological polar surface area (TPSA) is 125 Å². The molecule has 0 aromatic heterocycles. The first kappa shape index (κ1) is 24.7. The van der Waals surface area contributed by atoms with Crippen LogP contribution in [-0.4, -0.2) is 53.0 Å². The van der Waals surface area contributed by atoms with E-state index in [2.05, 4.69) is 34.9 Å². The fourth-order valence-corrected chi connectivity index (χ4v) is 5.32. The summed E-state index contributed by atoms with van der Waals surface area (Å²) < 4.78 is 5.73. The minimum Gasteiger partial charge on any atom is -0.480 e. The Balaban J connectivity index is 1.38. The van der Waals surface area contributed by atoms with Gasteiger partial charge in [0.05, 0.1) is 6.61 Å². The van der Waals surface area contributed by atoms with Crippen molar-refractivity contribution < 1.29 is 29.3 Å². The first-order chi connectivity index (χ1) is 16.9. The summed E-state index contributed by atoms with van der Waals surface area (Å²) in [5.74, 6) is -1.79. The van der Waals surface area contributed by atoms with E-state index >= 15 is 0 Å². The van der Waals surface area contributed by atoms with E-state index in [1.54, 1.807) is 0 Å². The molecule has 2 aliphatic carbocycles. The van der Waals surface area contributed by atoms with Crippen LogP contribution in [0, 0.1) is 0 Å². The standard InChI is InChI=1S/C27H32N2O6/c30-16-23(25(32)33)28-24(31)12-15-27(13-6-1-7-14-27)29-26(34)35-17-22-20-10-4-2-8-18(20)19-9-3-5-11-21(19)22/h2-5,8-11,22-23,30H,1,6-7,12-17H2,(H,28,31)(H,29,34)(H,32,33). The summed E-state index contributed by atoms with van der Waals surface area (Å²) >= 11 is 0. The molecule has 8 heteroatoms. The van der Waals surface area contributed by atoms with Gasteiger partial charge in [-0.1, -0.05) is 67.8 Å². The first-order valence-corrected chi connectivity index (χ1v) is 12.2. The molecule has 0 spiro atoms. The second kappa shape index (κ2) is 10.9. The van der Waals surface area contributed by atoms with Crippen LogP contribution in [0.3, 0.4) is 0 Å². The van der Waals surface area contributed by atoms with E-state index in [1.807, 2.05) is 24.3 Å². The minimum absolute atomic E-state index is 0.0346. The number of benzene rings is 2. The van der Waals surface area contributed by atoms with Crippen LogP contribution in [0.2, 0.25) is 0 Å². The summed E-state index contributed by atoms with van der Waals surface area (Å²) in [5, 5.41) is 23.5. The second-order valence-corrected chi connectivity index (χ2v) is 9.43. The highest BCUT2D eigenvalue weighted by Crippen LogP contribution is 2.44. The van der Waals surface area contributed by atoms with Gasteiger partial charge in [-0.2, -0.15) is 0 Å². The molecule has 0 heterocycles. The Kier molecular flexibility index (Phi) is 7.70. The maximum absolute atomic E-state index is 12.9. The molecule has 186 valence electrons. The van der Waals surface area contributed by atoms with Crippen molar-refractivity contribution in [1.29, 1.82) is 0 Å². The van der Waals surface area contributed by atoms with Gasteiger partial charge in [-0.05, 0) is 41.5 Å². The lowest BCUT2D eigenvalue weighted by Gasteiger charge is -2.38. The summed E-state index contributed by atoms with van der Waals surface area (Å²) in [6.07, 6.45) is 4.30. The molecule has 2 aromatic carbocycles. The maximum Gasteiger partial charge on any atom is 0.407 e. The van der Waals surface area contributed by atoms with Crippen LogP contribution in [0.15, 0.2) is 48.5 Å². The molecule has 4 N–H and O–H groups in total. The molecule has 0 saturated heterocycles. The molecule has 2 amide bonds. The Morgan fingerprint density at radius 1 is 0.971 bits per heavy atom. The van der Waals surface area contributed by atoms with Crippen molar-refractivity contribution in [3.8, 4) is 11.1 Å². The fourth-order valence-electron chi connectivity index (χ4n) is 5.32. The number of nitrogens with one attached hydrogen (secondary N) is 2. The minimum atomic E-state index is -1.33.